The van der Waals surface area contributed by atoms with Crippen LogP contribution in [-0.4, -0.2) is 51.9 Å². The molecule has 168 valence electrons. The lowest BCUT2D eigenvalue weighted by atomic mass is 9.98. The third-order valence-corrected chi connectivity index (χ3v) is 5.37. The van der Waals surface area contributed by atoms with Gasteiger partial charge in [0.15, 0.2) is 0 Å². The van der Waals surface area contributed by atoms with Crippen molar-refractivity contribution in [3.8, 4) is 0 Å². The Morgan fingerprint density at radius 2 is 2.10 bits per heavy atom. The maximum absolute atomic E-state index is 12.3. The van der Waals surface area contributed by atoms with Gasteiger partial charge in [-0.05, 0) is 59.0 Å². The Labute approximate surface area is 184 Å². The smallest absolute Gasteiger partial charge is 0.410 e. The van der Waals surface area contributed by atoms with E-state index in [4.69, 9.17) is 16.3 Å². The second-order valence-corrected chi connectivity index (χ2v) is 9.24. The normalized spacial score (nSPS) is 17.4. The number of nitrogens with one attached hydrogen (secondary N) is 1. The van der Waals surface area contributed by atoms with E-state index in [0.29, 0.717) is 24.8 Å². The molecular weight excluding hydrogens is 404 g/mol. The topological polar surface area (TPSA) is 76.5 Å². The van der Waals surface area contributed by atoms with Gasteiger partial charge in [-0.15, -0.1) is 0 Å². The molecule has 2 amide bonds. The Morgan fingerprint density at radius 1 is 1.37 bits per heavy atom. The number of ether oxygens (including phenoxy) is 1. The molecule has 0 aromatic carbocycles. The Kier molecular flexibility index (Phi) is 8.77. The number of piperidine rings is 1. The van der Waals surface area contributed by atoms with Crippen LogP contribution in [0.5, 0.6) is 0 Å². The quantitative estimate of drug-likeness (QED) is 0.639. The fourth-order valence-electron chi connectivity index (χ4n) is 3.40. The molecule has 1 aromatic rings. The first-order valence-electron chi connectivity index (χ1n) is 10.8. The number of hydrogen-bond acceptors (Lipinski definition) is 4. The highest BCUT2D eigenvalue weighted by molar-refractivity contribution is 6.31. The Morgan fingerprint density at radius 3 is 2.77 bits per heavy atom. The molecule has 0 aliphatic carbocycles. The van der Waals surface area contributed by atoms with E-state index in [1.165, 1.54) is 6.08 Å². The van der Waals surface area contributed by atoms with Crippen molar-refractivity contribution in [2.24, 2.45) is 5.92 Å². The number of likely N-dealkylation sites (tertiary alicyclic amines) is 1. The number of unbranched alkanes of at least 4 members (excludes halogenated alkanes) is 1. The molecule has 2 heterocycles. The minimum absolute atomic E-state index is 0.179. The monoisotopic (exact) mass is 438 g/mol. The molecule has 1 saturated heterocycles. The first-order chi connectivity index (χ1) is 14.1. The lowest BCUT2D eigenvalue weighted by molar-refractivity contribution is -0.116. The van der Waals surface area contributed by atoms with Crippen LogP contribution in [0.2, 0.25) is 5.15 Å². The third-order valence-electron chi connectivity index (χ3n) is 4.97. The number of aryl methyl sites for hydroxylation is 2. The van der Waals surface area contributed by atoms with E-state index >= 15 is 0 Å². The second kappa shape index (κ2) is 10.8. The third kappa shape index (κ3) is 7.35. The van der Waals surface area contributed by atoms with Crippen LogP contribution in [0.25, 0.3) is 6.08 Å². The molecule has 0 saturated carbocycles. The molecule has 1 unspecified atom stereocenters. The maximum atomic E-state index is 12.3. The minimum Gasteiger partial charge on any atom is -0.444 e. The van der Waals surface area contributed by atoms with Crippen molar-refractivity contribution in [1.82, 2.24) is 20.0 Å². The molecule has 1 aliphatic rings. The summed E-state index contributed by atoms with van der Waals surface area (Å²) in [7, 11) is 0. The maximum Gasteiger partial charge on any atom is 0.410 e. The van der Waals surface area contributed by atoms with E-state index in [1.54, 1.807) is 15.7 Å². The number of amides is 2. The average Bonchev–Trinajstić information content (AvgIpc) is 2.95. The molecule has 1 atom stereocenters. The van der Waals surface area contributed by atoms with E-state index < -0.39 is 5.60 Å². The van der Waals surface area contributed by atoms with E-state index in [0.717, 1.165) is 43.5 Å². The summed E-state index contributed by atoms with van der Waals surface area (Å²) in [4.78, 5) is 26.3. The molecule has 1 aliphatic heterocycles. The van der Waals surface area contributed by atoms with Crippen LogP contribution >= 0.6 is 11.6 Å². The van der Waals surface area contributed by atoms with Crippen molar-refractivity contribution >= 4 is 29.7 Å². The molecule has 7 nitrogen and oxygen atoms in total. The summed E-state index contributed by atoms with van der Waals surface area (Å²) in [6, 6.07) is 0. The predicted octanol–water partition coefficient (Wildman–Crippen LogP) is 4.42. The molecule has 1 N–H and O–H groups in total. The van der Waals surface area contributed by atoms with E-state index in [-0.39, 0.29) is 17.9 Å². The molecule has 1 fully saturated rings. The molecule has 0 radical (unpaired) electrons. The summed E-state index contributed by atoms with van der Waals surface area (Å²) in [6.07, 6.45) is 6.87. The predicted molar refractivity (Wildman–Crippen MR) is 119 cm³/mol. The lowest BCUT2D eigenvalue weighted by Gasteiger charge is -2.34. The highest BCUT2D eigenvalue weighted by atomic mass is 35.5. The van der Waals surface area contributed by atoms with Gasteiger partial charge >= 0.3 is 6.09 Å². The van der Waals surface area contributed by atoms with Gasteiger partial charge in [-0.1, -0.05) is 24.9 Å². The highest BCUT2D eigenvalue weighted by Gasteiger charge is 2.27. The van der Waals surface area contributed by atoms with E-state index in [1.807, 2.05) is 27.7 Å². The number of halogens is 1. The van der Waals surface area contributed by atoms with Gasteiger partial charge in [0.2, 0.25) is 5.91 Å². The number of nitrogens with zero attached hydrogens (tertiary/aromatic N) is 3. The van der Waals surface area contributed by atoms with Gasteiger partial charge in [-0.2, -0.15) is 5.10 Å². The fraction of sp³-hybridized carbons (Fsp3) is 0.682. The summed E-state index contributed by atoms with van der Waals surface area (Å²) in [5.41, 5.74) is 1.07. The van der Waals surface area contributed by atoms with Crippen LogP contribution in [0.1, 0.15) is 64.6 Å². The van der Waals surface area contributed by atoms with Crippen molar-refractivity contribution in [3.63, 3.8) is 0 Å². The zero-order valence-corrected chi connectivity index (χ0v) is 19.6. The molecule has 8 heteroatoms. The minimum atomic E-state index is -0.507. The van der Waals surface area contributed by atoms with Gasteiger partial charge in [-0.25, -0.2) is 4.79 Å². The number of carbonyl (C=O) groups is 2. The number of hydrogen-bond donors (Lipinski definition) is 1. The first-order valence-corrected chi connectivity index (χ1v) is 11.1. The standard InChI is InChI=1S/C22H35ClN4O3/c1-6-7-13-27-20(23)18(16(2)25-27)10-11-19(28)24-14-17-9-8-12-26(15-17)21(29)30-22(3,4)5/h10-11,17H,6-9,12-15H2,1-5H3,(H,24,28)/b11-10+. The second-order valence-electron chi connectivity index (χ2n) is 8.88. The van der Waals surface area contributed by atoms with Crippen molar-refractivity contribution in [1.29, 1.82) is 0 Å². The van der Waals surface area contributed by atoms with Gasteiger partial charge in [0, 0.05) is 37.8 Å². The molecule has 2 rings (SSSR count). The Balaban J connectivity index is 1.86. The zero-order valence-electron chi connectivity index (χ0n) is 18.8. The van der Waals surface area contributed by atoms with Crippen molar-refractivity contribution in [3.05, 3.63) is 22.5 Å². The van der Waals surface area contributed by atoms with Crippen LogP contribution in [-0.2, 0) is 16.1 Å². The summed E-state index contributed by atoms with van der Waals surface area (Å²) in [5, 5.41) is 7.94. The zero-order chi connectivity index (χ0) is 22.3. The van der Waals surface area contributed by atoms with Crippen LogP contribution in [0.4, 0.5) is 4.79 Å². The summed E-state index contributed by atoms with van der Waals surface area (Å²) < 4.78 is 7.24. The molecule has 0 spiro atoms. The molecule has 30 heavy (non-hydrogen) atoms. The van der Waals surface area contributed by atoms with Gasteiger partial charge < -0.3 is 15.0 Å². The van der Waals surface area contributed by atoms with Crippen LogP contribution in [0.15, 0.2) is 6.08 Å². The van der Waals surface area contributed by atoms with Gasteiger partial charge in [0.1, 0.15) is 10.8 Å². The summed E-state index contributed by atoms with van der Waals surface area (Å²) in [5.74, 6) is 0.0342. The van der Waals surface area contributed by atoms with Crippen molar-refractivity contribution in [2.75, 3.05) is 19.6 Å². The van der Waals surface area contributed by atoms with Crippen LogP contribution in [0.3, 0.4) is 0 Å². The molecule has 0 bridgehead atoms. The van der Waals surface area contributed by atoms with Crippen LogP contribution < -0.4 is 5.32 Å². The summed E-state index contributed by atoms with van der Waals surface area (Å²) >= 11 is 6.41. The Bertz CT molecular complexity index is 767. The van der Waals surface area contributed by atoms with Gasteiger partial charge in [-0.3, -0.25) is 9.48 Å². The van der Waals surface area contributed by atoms with E-state index in [2.05, 4.69) is 17.3 Å². The molecular formula is C22H35ClN4O3. The van der Waals surface area contributed by atoms with E-state index in [9.17, 15) is 9.59 Å². The van der Waals surface area contributed by atoms with Gasteiger partial charge in [0.05, 0.1) is 5.69 Å². The largest absolute Gasteiger partial charge is 0.444 e. The highest BCUT2D eigenvalue weighted by Crippen LogP contribution is 2.22. The SMILES string of the molecule is CCCCn1nc(C)c(/C=C/C(=O)NCC2CCCN(C(=O)OC(C)(C)C)C2)c1Cl. The number of rotatable bonds is 7. The van der Waals surface area contributed by atoms with Crippen molar-refractivity contribution in [2.45, 2.75) is 72.4 Å². The van der Waals surface area contributed by atoms with Gasteiger partial charge in [0.25, 0.3) is 0 Å². The molecule has 1 aromatic heterocycles. The fourth-order valence-corrected chi connectivity index (χ4v) is 3.72. The van der Waals surface area contributed by atoms with Crippen molar-refractivity contribution < 1.29 is 14.3 Å². The summed E-state index contributed by atoms with van der Waals surface area (Å²) in [6.45, 7) is 12.2. The van der Waals surface area contributed by atoms with Crippen LogP contribution in [0, 0.1) is 12.8 Å². The Hall–Kier alpha value is -2.02. The average molecular weight is 439 g/mol. The number of aromatic nitrogens is 2. The number of carbonyl (C=O) groups excluding carboxylic acids is 2. The lowest BCUT2D eigenvalue weighted by Crippen LogP contribution is -2.45. The first kappa shape index (κ1) is 24.3.